The highest BCUT2D eigenvalue weighted by molar-refractivity contribution is 5.96. The van der Waals surface area contributed by atoms with Crippen LogP contribution in [0.2, 0.25) is 0 Å². The summed E-state index contributed by atoms with van der Waals surface area (Å²) in [6.07, 6.45) is 3.03. The Morgan fingerprint density at radius 3 is 2.37 bits per heavy atom. The summed E-state index contributed by atoms with van der Waals surface area (Å²) in [7, 11) is 1.32. The highest BCUT2D eigenvalue weighted by atomic mass is 19.3. The standard InChI is InChI=1S/C20H18F2O5/c1-3-16(23)14-6-8-15(9-7-14)26-19(24)11-5-13-4-10-17(27-20(21)22)18(12-13)25-2/h4-12,20H,3H2,1-2H3/b11-5+. The Kier molecular flexibility index (Phi) is 7.05. The molecule has 27 heavy (non-hydrogen) atoms. The van der Waals surface area contributed by atoms with Crippen LogP contribution in [0.1, 0.15) is 29.3 Å². The van der Waals surface area contributed by atoms with Gasteiger partial charge in [0.05, 0.1) is 7.11 Å². The molecule has 0 aliphatic carbocycles. The number of ketones is 1. The number of esters is 1. The minimum absolute atomic E-state index is 0.000915. The maximum Gasteiger partial charge on any atom is 0.387 e. The van der Waals surface area contributed by atoms with E-state index in [1.54, 1.807) is 19.1 Å². The second-order valence-electron chi connectivity index (χ2n) is 5.34. The largest absolute Gasteiger partial charge is 0.493 e. The molecule has 142 valence electrons. The fourth-order valence-electron chi connectivity index (χ4n) is 2.21. The zero-order chi connectivity index (χ0) is 19.8. The van der Waals surface area contributed by atoms with Crippen LogP contribution in [-0.2, 0) is 4.79 Å². The number of hydrogen-bond acceptors (Lipinski definition) is 5. The van der Waals surface area contributed by atoms with E-state index in [1.807, 2.05) is 0 Å². The van der Waals surface area contributed by atoms with Crippen LogP contribution < -0.4 is 14.2 Å². The highest BCUT2D eigenvalue weighted by Crippen LogP contribution is 2.29. The number of rotatable bonds is 8. The maximum atomic E-state index is 12.3. The molecule has 0 N–H and O–H groups in total. The molecule has 0 unspecified atom stereocenters. The van der Waals surface area contributed by atoms with Crippen molar-refractivity contribution in [3.05, 3.63) is 59.7 Å². The summed E-state index contributed by atoms with van der Waals surface area (Å²) >= 11 is 0. The van der Waals surface area contributed by atoms with Crippen LogP contribution in [0.3, 0.4) is 0 Å². The minimum Gasteiger partial charge on any atom is -0.493 e. The lowest BCUT2D eigenvalue weighted by atomic mass is 10.1. The Morgan fingerprint density at radius 2 is 1.78 bits per heavy atom. The maximum absolute atomic E-state index is 12.3. The zero-order valence-electron chi connectivity index (χ0n) is 14.8. The number of alkyl halides is 2. The molecule has 2 aromatic rings. The van der Waals surface area contributed by atoms with Gasteiger partial charge in [0.15, 0.2) is 17.3 Å². The van der Waals surface area contributed by atoms with Crippen molar-refractivity contribution < 1.29 is 32.6 Å². The van der Waals surface area contributed by atoms with Crippen LogP contribution >= 0.6 is 0 Å². The fraction of sp³-hybridized carbons (Fsp3) is 0.200. The molecule has 0 spiro atoms. The Hall–Kier alpha value is -3.22. The molecule has 5 nitrogen and oxygen atoms in total. The molecular formula is C20H18F2O5. The van der Waals surface area contributed by atoms with E-state index in [2.05, 4.69) is 4.74 Å². The van der Waals surface area contributed by atoms with Crippen LogP contribution in [0, 0.1) is 0 Å². The van der Waals surface area contributed by atoms with E-state index in [0.29, 0.717) is 23.3 Å². The Bertz CT molecular complexity index is 829. The summed E-state index contributed by atoms with van der Waals surface area (Å²) in [6.45, 7) is -1.20. The summed E-state index contributed by atoms with van der Waals surface area (Å²) in [5.41, 5.74) is 1.08. The third-order valence-corrected chi connectivity index (χ3v) is 3.53. The summed E-state index contributed by atoms with van der Waals surface area (Å²) in [5.74, 6) is -0.316. The number of methoxy groups -OCH3 is 1. The molecule has 0 radical (unpaired) electrons. The van der Waals surface area contributed by atoms with Crippen molar-refractivity contribution in [1.29, 1.82) is 0 Å². The molecule has 2 aromatic carbocycles. The van der Waals surface area contributed by atoms with Gasteiger partial charge in [-0.15, -0.1) is 0 Å². The Labute approximate surface area is 155 Å². The van der Waals surface area contributed by atoms with Gasteiger partial charge in [0.2, 0.25) is 0 Å². The molecule has 0 aliphatic heterocycles. The van der Waals surface area contributed by atoms with Gasteiger partial charge in [0.1, 0.15) is 5.75 Å². The predicted octanol–water partition coefficient (Wildman–Crippen LogP) is 4.51. The van der Waals surface area contributed by atoms with Gasteiger partial charge >= 0.3 is 12.6 Å². The highest BCUT2D eigenvalue weighted by Gasteiger charge is 2.10. The molecule has 0 heterocycles. The van der Waals surface area contributed by atoms with Crippen molar-refractivity contribution in [2.75, 3.05) is 7.11 Å². The molecule has 0 saturated carbocycles. The van der Waals surface area contributed by atoms with E-state index in [-0.39, 0.29) is 17.3 Å². The smallest absolute Gasteiger partial charge is 0.387 e. The van der Waals surface area contributed by atoms with Crippen LogP contribution in [0.4, 0.5) is 8.78 Å². The van der Waals surface area contributed by atoms with Gasteiger partial charge in [-0.1, -0.05) is 13.0 Å². The third-order valence-electron chi connectivity index (χ3n) is 3.53. The summed E-state index contributed by atoms with van der Waals surface area (Å²) in [6, 6.07) is 10.5. The minimum atomic E-state index is -2.96. The summed E-state index contributed by atoms with van der Waals surface area (Å²) in [5, 5.41) is 0. The predicted molar refractivity (Wildman–Crippen MR) is 95.4 cm³/mol. The molecule has 7 heteroatoms. The van der Waals surface area contributed by atoms with Crippen LogP contribution in [0.15, 0.2) is 48.5 Å². The van der Waals surface area contributed by atoms with E-state index in [4.69, 9.17) is 9.47 Å². The topological polar surface area (TPSA) is 61.8 Å². The number of Topliss-reactive ketones (excluding diaryl/α,β-unsaturated/α-hetero) is 1. The molecule has 0 amide bonds. The van der Waals surface area contributed by atoms with Crippen LogP contribution in [-0.4, -0.2) is 25.5 Å². The van der Waals surface area contributed by atoms with E-state index in [0.717, 1.165) is 0 Å². The normalized spacial score (nSPS) is 10.9. The molecule has 0 aromatic heterocycles. The van der Waals surface area contributed by atoms with Crippen LogP contribution in [0.5, 0.6) is 17.2 Å². The van der Waals surface area contributed by atoms with Crippen molar-refractivity contribution in [2.45, 2.75) is 20.0 Å². The van der Waals surface area contributed by atoms with E-state index >= 15 is 0 Å². The molecule has 0 fully saturated rings. The number of benzene rings is 2. The van der Waals surface area contributed by atoms with E-state index in [9.17, 15) is 18.4 Å². The quantitative estimate of drug-likeness (QED) is 0.294. The number of halogens is 2. The van der Waals surface area contributed by atoms with Crippen molar-refractivity contribution in [2.24, 2.45) is 0 Å². The van der Waals surface area contributed by atoms with Crippen LogP contribution in [0.25, 0.3) is 6.08 Å². The number of ether oxygens (including phenoxy) is 3. The van der Waals surface area contributed by atoms with Gasteiger partial charge in [-0.25, -0.2) is 4.79 Å². The van der Waals surface area contributed by atoms with Crippen molar-refractivity contribution in [3.8, 4) is 17.2 Å². The second-order valence-corrected chi connectivity index (χ2v) is 5.34. The third kappa shape index (κ3) is 5.91. The van der Waals surface area contributed by atoms with Gasteiger partial charge in [-0.2, -0.15) is 8.78 Å². The number of carbonyl (C=O) groups is 2. The zero-order valence-corrected chi connectivity index (χ0v) is 14.8. The monoisotopic (exact) mass is 376 g/mol. The lowest BCUT2D eigenvalue weighted by molar-refractivity contribution is -0.128. The lowest BCUT2D eigenvalue weighted by Gasteiger charge is -2.10. The van der Waals surface area contributed by atoms with Gasteiger partial charge < -0.3 is 14.2 Å². The van der Waals surface area contributed by atoms with Gasteiger partial charge in [-0.3, -0.25) is 4.79 Å². The van der Waals surface area contributed by atoms with Crippen molar-refractivity contribution in [3.63, 3.8) is 0 Å². The fourth-order valence-corrected chi connectivity index (χ4v) is 2.21. The van der Waals surface area contributed by atoms with Gasteiger partial charge in [0, 0.05) is 18.1 Å². The first-order chi connectivity index (χ1) is 12.9. The lowest BCUT2D eigenvalue weighted by Crippen LogP contribution is -2.04. The first-order valence-corrected chi connectivity index (χ1v) is 8.09. The first kappa shape index (κ1) is 20.1. The average Bonchev–Trinajstić information content (AvgIpc) is 2.66. The average molecular weight is 376 g/mol. The van der Waals surface area contributed by atoms with Crippen molar-refractivity contribution in [1.82, 2.24) is 0 Å². The number of hydrogen-bond donors (Lipinski definition) is 0. The van der Waals surface area contributed by atoms with E-state index < -0.39 is 12.6 Å². The van der Waals surface area contributed by atoms with Crippen molar-refractivity contribution >= 4 is 17.8 Å². The van der Waals surface area contributed by atoms with E-state index in [1.165, 1.54) is 49.6 Å². The summed E-state index contributed by atoms with van der Waals surface area (Å²) in [4.78, 5) is 23.5. The molecule has 0 atom stereocenters. The Balaban J connectivity index is 2.02. The summed E-state index contributed by atoms with van der Waals surface area (Å²) < 4.78 is 39.1. The van der Waals surface area contributed by atoms with Gasteiger partial charge in [0.25, 0.3) is 0 Å². The molecule has 2 rings (SSSR count). The number of carbonyl (C=O) groups excluding carboxylic acids is 2. The van der Waals surface area contributed by atoms with Gasteiger partial charge in [-0.05, 0) is 48.0 Å². The molecule has 0 aliphatic rings. The molecule has 0 bridgehead atoms. The molecule has 0 saturated heterocycles. The Morgan fingerprint density at radius 1 is 1.07 bits per heavy atom. The SMILES string of the molecule is CCC(=O)c1ccc(OC(=O)/C=C/c2ccc(OC(F)F)c(OC)c2)cc1. The second kappa shape index (κ2) is 9.47. The first-order valence-electron chi connectivity index (χ1n) is 8.09. The molecular weight excluding hydrogens is 358 g/mol.